The molecule has 0 fully saturated rings. The highest BCUT2D eigenvalue weighted by Gasteiger charge is 2.05. The molecule has 0 saturated carbocycles. The number of halogens is 3. The van der Waals surface area contributed by atoms with E-state index >= 15 is 0 Å². The van der Waals surface area contributed by atoms with E-state index in [1.807, 2.05) is 0 Å². The molecule has 0 saturated heterocycles. The standard InChI is InChI=1S/C15H13BrF2N2O/c16-14-5-4-12(18)6-10(14)8-19-9-15(21)20-13-3-1-2-11(17)7-13/h1-7,19H,8-9H2,(H,20,21). The molecule has 0 atom stereocenters. The first-order valence-electron chi connectivity index (χ1n) is 6.24. The first kappa shape index (κ1) is 15.6. The van der Waals surface area contributed by atoms with E-state index in [0.29, 0.717) is 17.8 Å². The Morgan fingerprint density at radius 3 is 2.62 bits per heavy atom. The van der Waals surface area contributed by atoms with Crippen molar-refractivity contribution in [2.24, 2.45) is 0 Å². The van der Waals surface area contributed by atoms with Gasteiger partial charge in [0.25, 0.3) is 0 Å². The molecule has 0 unspecified atom stereocenters. The maximum Gasteiger partial charge on any atom is 0.238 e. The minimum Gasteiger partial charge on any atom is -0.325 e. The average molecular weight is 355 g/mol. The van der Waals surface area contributed by atoms with Crippen LogP contribution in [0.5, 0.6) is 0 Å². The molecule has 0 aliphatic rings. The van der Waals surface area contributed by atoms with Gasteiger partial charge in [0.1, 0.15) is 11.6 Å². The third kappa shape index (κ3) is 4.91. The smallest absolute Gasteiger partial charge is 0.238 e. The number of nitrogens with one attached hydrogen (secondary N) is 2. The van der Waals surface area contributed by atoms with Gasteiger partial charge in [0, 0.05) is 16.7 Å². The van der Waals surface area contributed by atoms with E-state index in [2.05, 4.69) is 26.6 Å². The van der Waals surface area contributed by atoms with Gasteiger partial charge < -0.3 is 10.6 Å². The Bertz CT molecular complexity index is 649. The predicted octanol–water partition coefficient (Wildman–Crippen LogP) is 3.46. The maximum absolute atomic E-state index is 13.1. The summed E-state index contributed by atoms with van der Waals surface area (Å²) in [5.41, 5.74) is 1.11. The summed E-state index contributed by atoms with van der Waals surface area (Å²) in [6.07, 6.45) is 0. The van der Waals surface area contributed by atoms with Crippen molar-refractivity contribution in [3.8, 4) is 0 Å². The van der Waals surface area contributed by atoms with Crippen LogP contribution in [0.1, 0.15) is 5.56 Å². The quantitative estimate of drug-likeness (QED) is 0.863. The Kier molecular flexibility index (Phi) is 5.41. The summed E-state index contributed by atoms with van der Waals surface area (Å²) in [5, 5.41) is 5.47. The molecule has 2 aromatic carbocycles. The van der Waals surface area contributed by atoms with Crippen LogP contribution >= 0.6 is 15.9 Å². The predicted molar refractivity (Wildman–Crippen MR) is 80.8 cm³/mol. The molecule has 6 heteroatoms. The highest BCUT2D eigenvalue weighted by molar-refractivity contribution is 9.10. The first-order valence-corrected chi connectivity index (χ1v) is 7.04. The van der Waals surface area contributed by atoms with Gasteiger partial charge in [-0.1, -0.05) is 22.0 Å². The van der Waals surface area contributed by atoms with Crippen LogP contribution in [0.15, 0.2) is 46.9 Å². The van der Waals surface area contributed by atoms with Gasteiger partial charge in [-0.25, -0.2) is 8.78 Å². The summed E-state index contributed by atoms with van der Waals surface area (Å²) in [5.74, 6) is -1.04. The van der Waals surface area contributed by atoms with Crippen molar-refractivity contribution < 1.29 is 13.6 Å². The van der Waals surface area contributed by atoms with Gasteiger partial charge in [-0.2, -0.15) is 0 Å². The molecule has 0 aliphatic carbocycles. The number of hydrogen-bond donors (Lipinski definition) is 2. The van der Waals surface area contributed by atoms with Gasteiger partial charge in [0.2, 0.25) is 5.91 Å². The second kappa shape index (κ2) is 7.28. The molecule has 1 amide bonds. The van der Waals surface area contributed by atoms with Crippen LogP contribution in [0.2, 0.25) is 0 Å². The molecule has 0 radical (unpaired) electrons. The summed E-state index contributed by atoms with van der Waals surface area (Å²) in [7, 11) is 0. The van der Waals surface area contributed by atoms with Crippen LogP contribution < -0.4 is 10.6 Å². The van der Waals surface area contributed by atoms with E-state index in [-0.39, 0.29) is 18.3 Å². The van der Waals surface area contributed by atoms with Gasteiger partial charge in [-0.05, 0) is 42.0 Å². The number of hydrogen-bond acceptors (Lipinski definition) is 2. The van der Waals surface area contributed by atoms with Crippen molar-refractivity contribution in [1.29, 1.82) is 0 Å². The number of rotatable bonds is 5. The summed E-state index contributed by atoms with van der Waals surface area (Å²) >= 11 is 3.31. The summed E-state index contributed by atoms with van der Waals surface area (Å²) in [6, 6.07) is 10.0. The number of amides is 1. The van der Waals surface area contributed by atoms with E-state index in [4.69, 9.17) is 0 Å². The number of anilines is 1. The van der Waals surface area contributed by atoms with Crippen LogP contribution in [0, 0.1) is 11.6 Å². The van der Waals surface area contributed by atoms with Crippen molar-refractivity contribution >= 4 is 27.5 Å². The van der Waals surface area contributed by atoms with Gasteiger partial charge >= 0.3 is 0 Å². The van der Waals surface area contributed by atoms with Crippen LogP contribution in [0.3, 0.4) is 0 Å². The fourth-order valence-corrected chi connectivity index (χ4v) is 2.15. The lowest BCUT2D eigenvalue weighted by Crippen LogP contribution is -2.27. The minimum atomic E-state index is -0.413. The molecule has 2 aromatic rings. The Balaban J connectivity index is 1.83. The van der Waals surface area contributed by atoms with Crippen LogP contribution in [0.4, 0.5) is 14.5 Å². The molecule has 0 heterocycles. The van der Waals surface area contributed by atoms with Gasteiger partial charge in [-0.15, -0.1) is 0 Å². The van der Waals surface area contributed by atoms with Crippen LogP contribution in [0.25, 0.3) is 0 Å². The fraction of sp³-hybridized carbons (Fsp3) is 0.133. The Morgan fingerprint density at radius 2 is 1.86 bits per heavy atom. The molecule has 0 aliphatic heterocycles. The molecule has 0 spiro atoms. The average Bonchev–Trinajstić information content (AvgIpc) is 2.42. The minimum absolute atomic E-state index is 0.0411. The van der Waals surface area contributed by atoms with Crippen molar-refractivity contribution in [3.05, 3.63) is 64.1 Å². The van der Waals surface area contributed by atoms with E-state index < -0.39 is 5.82 Å². The third-order valence-electron chi connectivity index (χ3n) is 2.72. The van der Waals surface area contributed by atoms with E-state index in [0.717, 1.165) is 4.47 Å². The zero-order chi connectivity index (χ0) is 15.2. The van der Waals surface area contributed by atoms with Crippen molar-refractivity contribution in [2.45, 2.75) is 6.54 Å². The van der Waals surface area contributed by atoms with Gasteiger partial charge in [-0.3, -0.25) is 4.79 Å². The highest BCUT2D eigenvalue weighted by Crippen LogP contribution is 2.17. The summed E-state index contributed by atoms with van der Waals surface area (Å²) in [6.45, 7) is 0.383. The lowest BCUT2D eigenvalue weighted by molar-refractivity contribution is -0.115. The lowest BCUT2D eigenvalue weighted by Gasteiger charge is -2.08. The molecule has 0 aromatic heterocycles. The zero-order valence-electron chi connectivity index (χ0n) is 11.0. The Hall–Kier alpha value is -1.79. The van der Waals surface area contributed by atoms with E-state index in [1.165, 1.54) is 30.3 Å². The topological polar surface area (TPSA) is 41.1 Å². The largest absolute Gasteiger partial charge is 0.325 e. The molecule has 21 heavy (non-hydrogen) atoms. The molecule has 3 nitrogen and oxygen atoms in total. The van der Waals surface area contributed by atoms with Crippen LogP contribution in [-0.4, -0.2) is 12.5 Å². The maximum atomic E-state index is 13.1. The Morgan fingerprint density at radius 1 is 1.10 bits per heavy atom. The molecule has 110 valence electrons. The van der Waals surface area contributed by atoms with Crippen molar-refractivity contribution in [3.63, 3.8) is 0 Å². The number of carbonyl (C=O) groups is 1. The monoisotopic (exact) mass is 354 g/mol. The summed E-state index contributed by atoms with van der Waals surface area (Å²) < 4.78 is 26.8. The zero-order valence-corrected chi connectivity index (χ0v) is 12.6. The second-order valence-electron chi connectivity index (χ2n) is 4.40. The molecular weight excluding hydrogens is 342 g/mol. The Labute approximate surface area is 129 Å². The number of carbonyl (C=O) groups excluding carboxylic acids is 1. The first-order chi connectivity index (χ1) is 10.0. The highest BCUT2D eigenvalue weighted by atomic mass is 79.9. The van der Waals surface area contributed by atoms with Gasteiger partial charge in [0.15, 0.2) is 0 Å². The van der Waals surface area contributed by atoms with Crippen LogP contribution in [-0.2, 0) is 11.3 Å². The molecular formula is C15H13BrF2N2O. The van der Waals surface area contributed by atoms with Crippen molar-refractivity contribution in [1.82, 2.24) is 5.32 Å². The molecule has 2 N–H and O–H groups in total. The SMILES string of the molecule is O=C(CNCc1cc(F)ccc1Br)Nc1cccc(F)c1. The normalized spacial score (nSPS) is 10.4. The summed E-state index contributed by atoms with van der Waals surface area (Å²) in [4.78, 5) is 11.7. The van der Waals surface area contributed by atoms with E-state index in [1.54, 1.807) is 12.1 Å². The van der Waals surface area contributed by atoms with Crippen molar-refractivity contribution in [2.75, 3.05) is 11.9 Å². The molecule has 0 bridgehead atoms. The van der Waals surface area contributed by atoms with E-state index in [9.17, 15) is 13.6 Å². The van der Waals surface area contributed by atoms with Gasteiger partial charge in [0.05, 0.1) is 6.54 Å². The third-order valence-corrected chi connectivity index (χ3v) is 3.49. The number of benzene rings is 2. The lowest BCUT2D eigenvalue weighted by atomic mass is 10.2. The fourth-order valence-electron chi connectivity index (χ4n) is 1.76. The second-order valence-corrected chi connectivity index (χ2v) is 5.25. The molecule has 2 rings (SSSR count).